The van der Waals surface area contributed by atoms with Crippen LogP contribution in [-0.2, 0) is 0 Å². The van der Waals surface area contributed by atoms with E-state index in [1.807, 2.05) is 6.07 Å². The Balaban J connectivity index is 1.96. The highest BCUT2D eigenvalue weighted by molar-refractivity contribution is 5.37. The molecular formula is C13H21N3O. The fraction of sp³-hybridized carbons (Fsp3) is 0.692. The van der Waals surface area contributed by atoms with E-state index in [1.165, 1.54) is 38.4 Å². The molecule has 1 aromatic rings. The van der Waals surface area contributed by atoms with Gasteiger partial charge >= 0.3 is 0 Å². The second-order valence-electron chi connectivity index (χ2n) is 4.86. The minimum Gasteiger partial charge on any atom is -0.481 e. The van der Waals surface area contributed by atoms with E-state index in [-0.39, 0.29) is 0 Å². The molecule has 1 aliphatic carbocycles. The standard InChI is InChI=1S/C13H21N3O/c1-3-13(6-4-5-7-13)9-14-11-8-12(17-2)16-10-15-11/h8,10H,3-7,9H2,1-2H3,(H,14,15,16). The maximum atomic E-state index is 5.09. The molecule has 2 rings (SSSR count). The summed E-state index contributed by atoms with van der Waals surface area (Å²) in [6.07, 6.45) is 8.17. The second kappa shape index (κ2) is 5.34. The summed E-state index contributed by atoms with van der Waals surface area (Å²) >= 11 is 0. The van der Waals surface area contributed by atoms with Crippen molar-refractivity contribution < 1.29 is 4.74 Å². The number of nitrogens with zero attached hydrogens (tertiary/aromatic N) is 2. The fourth-order valence-corrected chi connectivity index (χ4v) is 2.61. The third-order valence-electron chi connectivity index (χ3n) is 3.91. The Kier molecular flexibility index (Phi) is 3.82. The number of aromatic nitrogens is 2. The lowest BCUT2D eigenvalue weighted by atomic mass is 9.83. The molecule has 0 unspecified atom stereocenters. The predicted molar refractivity (Wildman–Crippen MR) is 68.3 cm³/mol. The van der Waals surface area contributed by atoms with Gasteiger partial charge in [-0.25, -0.2) is 9.97 Å². The maximum Gasteiger partial charge on any atom is 0.218 e. The molecule has 1 saturated carbocycles. The molecule has 0 spiro atoms. The van der Waals surface area contributed by atoms with Gasteiger partial charge in [0.1, 0.15) is 12.1 Å². The van der Waals surface area contributed by atoms with Crippen LogP contribution in [0.25, 0.3) is 0 Å². The van der Waals surface area contributed by atoms with E-state index in [0.717, 1.165) is 12.4 Å². The molecule has 0 atom stereocenters. The van der Waals surface area contributed by atoms with Crippen molar-refractivity contribution in [3.05, 3.63) is 12.4 Å². The van der Waals surface area contributed by atoms with Crippen molar-refractivity contribution in [1.82, 2.24) is 9.97 Å². The Morgan fingerprint density at radius 2 is 2.12 bits per heavy atom. The molecule has 1 fully saturated rings. The number of ether oxygens (including phenoxy) is 1. The van der Waals surface area contributed by atoms with E-state index in [0.29, 0.717) is 11.3 Å². The highest BCUT2D eigenvalue weighted by atomic mass is 16.5. The second-order valence-corrected chi connectivity index (χ2v) is 4.86. The molecule has 0 bridgehead atoms. The van der Waals surface area contributed by atoms with Crippen LogP contribution in [0.2, 0.25) is 0 Å². The lowest BCUT2D eigenvalue weighted by Crippen LogP contribution is -2.26. The van der Waals surface area contributed by atoms with E-state index in [2.05, 4.69) is 22.2 Å². The Hall–Kier alpha value is -1.32. The van der Waals surface area contributed by atoms with E-state index in [4.69, 9.17) is 4.74 Å². The minimum atomic E-state index is 0.470. The SMILES string of the molecule is CCC1(CNc2cc(OC)ncn2)CCCC1. The monoisotopic (exact) mass is 235 g/mol. The lowest BCUT2D eigenvalue weighted by Gasteiger charge is -2.27. The predicted octanol–water partition coefficient (Wildman–Crippen LogP) is 2.87. The van der Waals surface area contributed by atoms with Crippen molar-refractivity contribution in [1.29, 1.82) is 0 Å². The molecule has 1 aromatic heterocycles. The van der Waals surface area contributed by atoms with Crippen LogP contribution in [0.15, 0.2) is 12.4 Å². The maximum absolute atomic E-state index is 5.09. The molecule has 1 N–H and O–H groups in total. The van der Waals surface area contributed by atoms with Gasteiger partial charge in [0.15, 0.2) is 0 Å². The number of methoxy groups -OCH3 is 1. The average Bonchev–Trinajstić information content (AvgIpc) is 2.86. The van der Waals surface area contributed by atoms with Gasteiger partial charge in [0.25, 0.3) is 0 Å². The van der Waals surface area contributed by atoms with Crippen molar-refractivity contribution in [2.45, 2.75) is 39.0 Å². The third kappa shape index (κ3) is 2.87. The largest absolute Gasteiger partial charge is 0.481 e. The van der Waals surface area contributed by atoms with Crippen LogP contribution in [0.1, 0.15) is 39.0 Å². The van der Waals surface area contributed by atoms with Crippen LogP contribution in [0.5, 0.6) is 5.88 Å². The Bertz CT molecular complexity index is 361. The van der Waals surface area contributed by atoms with E-state index in [9.17, 15) is 0 Å². The van der Waals surface area contributed by atoms with Gasteiger partial charge in [0.05, 0.1) is 7.11 Å². The van der Waals surface area contributed by atoms with Gasteiger partial charge in [0, 0.05) is 12.6 Å². The van der Waals surface area contributed by atoms with E-state index >= 15 is 0 Å². The van der Waals surface area contributed by atoms with Crippen LogP contribution >= 0.6 is 0 Å². The van der Waals surface area contributed by atoms with Gasteiger partial charge in [-0.3, -0.25) is 0 Å². The van der Waals surface area contributed by atoms with Crippen molar-refractivity contribution in [2.24, 2.45) is 5.41 Å². The van der Waals surface area contributed by atoms with Crippen LogP contribution < -0.4 is 10.1 Å². The Labute approximate surface area is 103 Å². The quantitative estimate of drug-likeness (QED) is 0.852. The smallest absolute Gasteiger partial charge is 0.218 e. The highest BCUT2D eigenvalue weighted by Crippen LogP contribution is 2.40. The molecule has 0 saturated heterocycles. The topological polar surface area (TPSA) is 47.0 Å². The first-order valence-electron chi connectivity index (χ1n) is 6.38. The molecule has 1 heterocycles. The summed E-state index contributed by atoms with van der Waals surface area (Å²) in [5.41, 5.74) is 0.470. The fourth-order valence-electron chi connectivity index (χ4n) is 2.61. The molecule has 0 aromatic carbocycles. The van der Waals surface area contributed by atoms with Crippen LogP contribution in [0.3, 0.4) is 0 Å². The van der Waals surface area contributed by atoms with Gasteiger partial charge < -0.3 is 10.1 Å². The highest BCUT2D eigenvalue weighted by Gasteiger charge is 2.31. The van der Waals surface area contributed by atoms with Gasteiger partial charge in [-0.15, -0.1) is 0 Å². The molecule has 17 heavy (non-hydrogen) atoms. The first-order chi connectivity index (χ1) is 8.28. The van der Waals surface area contributed by atoms with Crippen LogP contribution in [-0.4, -0.2) is 23.6 Å². The summed E-state index contributed by atoms with van der Waals surface area (Å²) < 4.78 is 5.09. The van der Waals surface area contributed by atoms with E-state index in [1.54, 1.807) is 7.11 Å². The first kappa shape index (κ1) is 12.1. The number of hydrogen-bond donors (Lipinski definition) is 1. The van der Waals surface area contributed by atoms with Crippen LogP contribution in [0, 0.1) is 5.41 Å². The number of hydrogen-bond acceptors (Lipinski definition) is 4. The van der Waals surface area contributed by atoms with Gasteiger partial charge in [0.2, 0.25) is 5.88 Å². The normalized spacial score (nSPS) is 18.0. The molecule has 94 valence electrons. The van der Waals surface area contributed by atoms with Crippen molar-refractivity contribution in [2.75, 3.05) is 19.0 Å². The number of rotatable bonds is 5. The molecule has 1 aliphatic rings. The molecule has 4 heteroatoms. The molecule has 0 radical (unpaired) electrons. The first-order valence-corrected chi connectivity index (χ1v) is 6.38. The average molecular weight is 235 g/mol. The zero-order valence-corrected chi connectivity index (χ0v) is 10.7. The number of anilines is 1. The molecule has 4 nitrogen and oxygen atoms in total. The minimum absolute atomic E-state index is 0.470. The molecule has 0 aliphatic heterocycles. The lowest BCUT2D eigenvalue weighted by molar-refractivity contribution is 0.306. The Morgan fingerprint density at radius 3 is 2.76 bits per heavy atom. The van der Waals surface area contributed by atoms with Crippen LogP contribution in [0.4, 0.5) is 5.82 Å². The van der Waals surface area contributed by atoms with Crippen molar-refractivity contribution in [3.8, 4) is 5.88 Å². The Morgan fingerprint density at radius 1 is 1.35 bits per heavy atom. The zero-order valence-electron chi connectivity index (χ0n) is 10.7. The zero-order chi connectivity index (χ0) is 12.1. The summed E-state index contributed by atoms with van der Waals surface area (Å²) in [7, 11) is 1.62. The third-order valence-corrected chi connectivity index (χ3v) is 3.91. The molecule has 0 amide bonds. The summed E-state index contributed by atoms with van der Waals surface area (Å²) in [5, 5.41) is 3.42. The summed E-state index contributed by atoms with van der Waals surface area (Å²) in [6.45, 7) is 3.29. The van der Waals surface area contributed by atoms with Gasteiger partial charge in [-0.2, -0.15) is 0 Å². The van der Waals surface area contributed by atoms with Crippen molar-refractivity contribution >= 4 is 5.82 Å². The summed E-state index contributed by atoms with van der Waals surface area (Å²) in [4.78, 5) is 8.21. The van der Waals surface area contributed by atoms with E-state index < -0.39 is 0 Å². The van der Waals surface area contributed by atoms with Crippen molar-refractivity contribution in [3.63, 3.8) is 0 Å². The number of nitrogens with one attached hydrogen (secondary N) is 1. The summed E-state index contributed by atoms with van der Waals surface area (Å²) in [6, 6.07) is 1.85. The van der Waals surface area contributed by atoms with Gasteiger partial charge in [-0.1, -0.05) is 19.8 Å². The molecular weight excluding hydrogens is 214 g/mol. The summed E-state index contributed by atoms with van der Waals surface area (Å²) in [5.74, 6) is 1.47. The van der Waals surface area contributed by atoms with Gasteiger partial charge in [-0.05, 0) is 24.7 Å².